The quantitative estimate of drug-likeness (QED) is 0.854. The smallest absolute Gasteiger partial charge is 0.226 e. The molecule has 1 heterocycles. The Morgan fingerprint density at radius 2 is 2.27 bits per heavy atom. The number of nitrogens with zero attached hydrogens (tertiary/aromatic N) is 2. The van der Waals surface area contributed by atoms with Crippen LogP contribution >= 0.6 is 15.9 Å². The molecular weight excluding hydrogens is 256 g/mol. The van der Waals surface area contributed by atoms with E-state index in [9.17, 15) is 0 Å². The first kappa shape index (κ1) is 10.4. The third-order valence-corrected chi connectivity index (χ3v) is 2.51. The maximum atomic E-state index is 5.12. The molecule has 0 saturated heterocycles. The zero-order chi connectivity index (χ0) is 10.7. The average molecular weight is 267 g/mol. The van der Waals surface area contributed by atoms with E-state index in [0.29, 0.717) is 11.7 Å². The maximum absolute atomic E-state index is 5.12. The van der Waals surface area contributed by atoms with Crippen LogP contribution in [0.5, 0.6) is 0 Å². The second kappa shape index (κ2) is 4.57. The largest absolute Gasteiger partial charge is 0.339 e. The molecule has 0 N–H and O–H groups in total. The van der Waals surface area contributed by atoms with Crippen molar-refractivity contribution in [3.8, 4) is 11.4 Å². The second-order valence-electron chi connectivity index (χ2n) is 3.27. The predicted molar refractivity (Wildman–Crippen MR) is 61.4 cm³/mol. The Morgan fingerprint density at radius 3 is 3.00 bits per heavy atom. The second-order valence-corrected chi connectivity index (χ2v) is 4.19. The van der Waals surface area contributed by atoms with Crippen molar-refractivity contribution in [3.05, 3.63) is 34.6 Å². The van der Waals surface area contributed by atoms with Gasteiger partial charge in [0.05, 0.1) is 0 Å². The van der Waals surface area contributed by atoms with Gasteiger partial charge in [-0.25, -0.2) is 0 Å². The van der Waals surface area contributed by atoms with Gasteiger partial charge in [0.1, 0.15) is 0 Å². The molecule has 0 amide bonds. The fourth-order valence-corrected chi connectivity index (χ4v) is 1.71. The number of aryl methyl sites for hydroxylation is 1. The van der Waals surface area contributed by atoms with Gasteiger partial charge in [-0.15, -0.1) is 0 Å². The van der Waals surface area contributed by atoms with Crippen LogP contribution in [0.2, 0.25) is 0 Å². The molecule has 0 spiro atoms. The Balaban J connectivity index is 2.29. The summed E-state index contributed by atoms with van der Waals surface area (Å²) in [5.74, 6) is 1.35. The normalized spacial score (nSPS) is 10.5. The van der Waals surface area contributed by atoms with E-state index in [4.69, 9.17) is 4.52 Å². The summed E-state index contributed by atoms with van der Waals surface area (Å²) in [5, 5.41) is 3.94. The van der Waals surface area contributed by atoms with Crippen LogP contribution in [-0.2, 0) is 6.42 Å². The molecule has 0 fully saturated rings. The minimum absolute atomic E-state index is 0.653. The Hall–Kier alpha value is -1.16. The lowest BCUT2D eigenvalue weighted by atomic mass is 10.2. The van der Waals surface area contributed by atoms with Crippen LogP contribution in [0, 0.1) is 0 Å². The number of halogens is 1. The molecule has 0 atom stereocenters. The molecule has 0 aliphatic rings. The van der Waals surface area contributed by atoms with Crippen LogP contribution in [0.15, 0.2) is 33.3 Å². The fraction of sp³-hybridized carbons (Fsp3) is 0.273. The number of aromatic nitrogens is 2. The van der Waals surface area contributed by atoms with E-state index in [1.54, 1.807) is 0 Å². The highest BCUT2D eigenvalue weighted by molar-refractivity contribution is 9.10. The van der Waals surface area contributed by atoms with Gasteiger partial charge in [-0.3, -0.25) is 0 Å². The number of hydrogen-bond acceptors (Lipinski definition) is 3. The van der Waals surface area contributed by atoms with E-state index in [1.807, 2.05) is 24.3 Å². The Morgan fingerprint density at radius 1 is 1.40 bits per heavy atom. The zero-order valence-electron chi connectivity index (χ0n) is 8.40. The predicted octanol–water partition coefficient (Wildman–Crippen LogP) is 3.45. The van der Waals surface area contributed by atoms with Gasteiger partial charge in [-0.1, -0.05) is 40.1 Å². The lowest BCUT2D eigenvalue weighted by Gasteiger charge is -1.93. The van der Waals surface area contributed by atoms with E-state index >= 15 is 0 Å². The molecule has 3 nitrogen and oxygen atoms in total. The molecule has 0 aliphatic heterocycles. The lowest BCUT2D eigenvalue weighted by Crippen LogP contribution is -1.83. The van der Waals surface area contributed by atoms with E-state index in [1.165, 1.54) is 0 Å². The first-order valence-electron chi connectivity index (χ1n) is 4.88. The first-order chi connectivity index (χ1) is 7.29. The molecule has 1 aromatic carbocycles. The van der Waals surface area contributed by atoms with E-state index in [0.717, 1.165) is 22.9 Å². The average Bonchev–Trinajstić information content (AvgIpc) is 2.67. The monoisotopic (exact) mass is 266 g/mol. The highest BCUT2D eigenvalue weighted by Crippen LogP contribution is 2.20. The van der Waals surface area contributed by atoms with Crippen molar-refractivity contribution < 1.29 is 4.52 Å². The highest BCUT2D eigenvalue weighted by atomic mass is 79.9. The minimum atomic E-state index is 0.653. The lowest BCUT2D eigenvalue weighted by molar-refractivity contribution is 0.378. The first-order valence-corrected chi connectivity index (χ1v) is 5.67. The van der Waals surface area contributed by atoms with Crippen molar-refractivity contribution in [3.63, 3.8) is 0 Å². The van der Waals surface area contributed by atoms with Crippen molar-refractivity contribution in [2.75, 3.05) is 0 Å². The number of benzene rings is 1. The summed E-state index contributed by atoms with van der Waals surface area (Å²) in [6.07, 6.45) is 1.85. The van der Waals surface area contributed by atoms with Crippen LogP contribution in [0.4, 0.5) is 0 Å². The Labute approximate surface area is 96.6 Å². The van der Waals surface area contributed by atoms with Gasteiger partial charge in [-0.2, -0.15) is 4.98 Å². The van der Waals surface area contributed by atoms with E-state index in [-0.39, 0.29) is 0 Å². The van der Waals surface area contributed by atoms with E-state index in [2.05, 4.69) is 33.0 Å². The molecule has 2 rings (SSSR count). The molecule has 0 saturated carbocycles. The van der Waals surface area contributed by atoms with Crippen molar-refractivity contribution in [1.29, 1.82) is 0 Å². The third kappa shape index (κ3) is 2.45. The molecule has 0 unspecified atom stereocenters. The standard InChI is InChI=1S/C11H11BrN2O/c1-2-4-10-13-11(14-15-10)8-5-3-6-9(12)7-8/h3,5-7H,2,4H2,1H3. The van der Waals surface area contributed by atoms with Crippen LogP contribution in [0.25, 0.3) is 11.4 Å². The summed E-state index contributed by atoms with van der Waals surface area (Å²) in [4.78, 5) is 4.31. The SMILES string of the molecule is CCCc1nc(-c2cccc(Br)c2)no1. The topological polar surface area (TPSA) is 38.9 Å². The maximum Gasteiger partial charge on any atom is 0.226 e. The molecule has 0 radical (unpaired) electrons. The summed E-state index contributed by atoms with van der Waals surface area (Å²) in [5.41, 5.74) is 0.968. The molecule has 0 bridgehead atoms. The summed E-state index contributed by atoms with van der Waals surface area (Å²) >= 11 is 3.41. The highest BCUT2D eigenvalue weighted by Gasteiger charge is 2.07. The minimum Gasteiger partial charge on any atom is -0.339 e. The third-order valence-electron chi connectivity index (χ3n) is 2.01. The summed E-state index contributed by atoms with van der Waals surface area (Å²) in [6.45, 7) is 2.09. The summed E-state index contributed by atoms with van der Waals surface area (Å²) in [6, 6.07) is 7.86. The van der Waals surface area contributed by atoms with Gasteiger partial charge in [-0.05, 0) is 18.6 Å². The fourth-order valence-electron chi connectivity index (χ4n) is 1.32. The van der Waals surface area contributed by atoms with Crippen LogP contribution in [0.1, 0.15) is 19.2 Å². The van der Waals surface area contributed by atoms with Gasteiger partial charge in [0.25, 0.3) is 0 Å². The zero-order valence-corrected chi connectivity index (χ0v) is 9.99. The van der Waals surface area contributed by atoms with Crippen molar-refractivity contribution >= 4 is 15.9 Å². The van der Waals surface area contributed by atoms with Gasteiger partial charge in [0.2, 0.25) is 11.7 Å². The molecule has 1 aromatic heterocycles. The Kier molecular flexibility index (Phi) is 3.16. The van der Waals surface area contributed by atoms with Gasteiger partial charge in [0, 0.05) is 16.5 Å². The van der Waals surface area contributed by atoms with Crippen molar-refractivity contribution in [2.45, 2.75) is 19.8 Å². The Bertz CT molecular complexity index is 453. The van der Waals surface area contributed by atoms with Crippen LogP contribution in [0.3, 0.4) is 0 Å². The molecule has 0 aliphatic carbocycles. The van der Waals surface area contributed by atoms with Crippen molar-refractivity contribution in [1.82, 2.24) is 10.1 Å². The summed E-state index contributed by atoms with van der Waals surface area (Å²) < 4.78 is 6.14. The number of rotatable bonds is 3. The molecule has 4 heteroatoms. The summed E-state index contributed by atoms with van der Waals surface area (Å²) in [7, 11) is 0. The van der Waals surface area contributed by atoms with Crippen molar-refractivity contribution in [2.24, 2.45) is 0 Å². The molecule has 78 valence electrons. The molecule has 15 heavy (non-hydrogen) atoms. The molecular formula is C11H11BrN2O. The molecule has 2 aromatic rings. The number of hydrogen-bond donors (Lipinski definition) is 0. The van der Waals surface area contributed by atoms with Gasteiger partial charge >= 0.3 is 0 Å². The van der Waals surface area contributed by atoms with Crippen LogP contribution in [-0.4, -0.2) is 10.1 Å². The van der Waals surface area contributed by atoms with Gasteiger partial charge in [0.15, 0.2) is 0 Å². The van der Waals surface area contributed by atoms with E-state index < -0.39 is 0 Å². The van der Waals surface area contributed by atoms with Crippen LogP contribution < -0.4 is 0 Å². The van der Waals surface area contributed by atoms with Gasteiger partial charge < -0.3 is 4.52 Å².